The minimum Gasteiger partial charge on any atom is -0.496 e. The van der Waals surface area contributed by atoms with Crippen LogP contribution in [0.5, 0.6) is 5.75 Å². The molecule has 0 unspecified atom stereocenters. The van der Waals surface area contributed by atoms with Crippen LogP contribution in [0.2, 0.25) is 0 Å². The molecule has 2 rings (SSSR count). The zero-order chi connectivity index (χ0) is 17.3. The van der Waals surface area contributed by atoms with Gasteiger partial charge in [0.25, 0.3) is 0 Å². The van der Waals surface area contributed by atoms with E-state index >= 15 is 0 Å². The topological polar surface area (TPSA) is 43.4 Å². The van der Waals surface area contributed by atoms with E-state index in [0.29, 0.717) is 0 Å². The molecule has 128 valence electrons. The fourth-order valence-electron chi connectivity index (χ4n) is 2.07. The van der Waals surface area contributed by atoms with Gasteiger partial charge in [-0.25, -0.2) is 8.42 Å². The molecular weight excluding hydrogens is 360 g/mol. The highest BCUT2D eigenvalue weighted by Gasteiger charge is 2.09. The van der Waals surface area contributed by atoms with Crippen LogP contribution < -0.4 is 4.74 Å². The molecule has 24 heavy (non-hydrogen) atoms. The maximum Gasteiger partial charge on any atom is 0.158 e. The van der Waals surface area contributed by atoms with Gasteiger partial charge in [-0.3, -0.25) is 0 Å². The minimum atomic E-state index is -3.11. The number of sulfone groups is 1. The first-order valence-corrected chi connectivity index (χ1v) is 11.6. The zero-order valence-corrected chi connectivity index (χ0v) is 15.9. The van der Waals surface area contributed by atoms with E-state index in [-0.39, 0.29) is 11.5 Å². The molecule has 0 aliphatic heterocycles. The molecule has 0 aromatic heterocycles. The van der Waals surface area contributed by atoms with Crippen molar-refractivity contribution in [1.29, 1.82) is 0 Å². The number of methoxy groups -OCH3 is 1. The smallest absolute Gasteiger partial charge is 0.158 e. The molecule has 3 nitrogen and oxygen atoms in total. The predicted octanol–water partition coefficient (Wildman–Crippen LogP) is 4.71. The number of rotatable bonds is 9. The van der Waals surface area contributed by atoms with Crippen LogP contribution in [-0.4, -0.2) is 21.3 Å². The summed E-state index contributed by atoms with van der Waals surface area (Å²) in [6.45, 7) is 0. The summed E-state index contributed by atoms with van der Waals surface area (Å²) in [5.41, 5.74) is 1.95. The number of ether oxygens (including phenoxy) is 1. The summed E-state index contributed by atoms with van der Waals surface area (Å²) in [6, 6.07) is 17.1. The van der Waals surface area contributed by atoms with Crippen molar-refractivity contribution in [3.05, 3.63) is 77.2 Å². The second kappa shape index (κ2) is 9.81. The first-order valence-electron chi connectivity index (χ1n) is 7.40. The monoisotopic (exact) mass is 380 g/mol. The van der Waals surface area contributed by atoms with Crippen LogP contribution in [0.1, 0.15) is 11.1 Å². The van der Waals surface area contributed by atoms with Crippen molar-refractivity contribution in [2.24, 2.45) is 0 Å². The Morgan fingerprint density at radius 3 is 2.50 bits per heavy atom. The summed E-state index contributed by atoms with van der Waals surface area (Å²) in [5, 5.41) is 1.84. The van der Waals surface area contributed by atoms with Crippen molar-refractivity contribution in [1.82, 2.24) is 0 Å². The normalized spacial score (nSPS) is 11.7. The van der Waals surface area contributed by atoms with Crippen LogP contribution in [0.25, 0.3) is 0 Å². The molecule has 0 amide bonds. The summed E-state index contributed by atoms with van der Waals surface area (Å²) in [4.78, 5) is 0. The maximum atomic E-state index is 12.1. The molecule has 0 saturated carbocycles. The van der Waals surface area contributed by atoms with Crippen molar-refractivity contribution in [2.45, 2.75) is 11.5 Å². The molecule has 0 N–H and O–H groups in total. The van der Waals surface area contributed by atoms with Crippen LogP contribution in [0, 0.1) is 0 Å². The summed E-state index contributed by atoms with van der Waals surface area (Å²) >= 11 is 0. The summed E-state index contributed by atoms with van der Waals surface area (Å²) in [6.07, 6.45) is 1.71. The molecule has 0 spiro atoms. The Morgan fingerprint density at radius 1 is 1.04 bits per heavy atom. The van der Waals surface area contributed by atoms with Crippen LogP contribution in [-0.2, 0) is 21.3 Å². The Labute approximate surface area is 151 Å². The van der Waals surface area contributed by atoms with Gasteiger partial charge in [-0.05, 0) is 17.0 Å². The number of para-hydroxylation sites is 1. The van der Waals surface area contributed by atoms with Gasteiger partial charge in [-0.1, -0.05) is 76.2 Å². The summed E-state index contributed by atoms with van der Waals surface area (Å²) < 4.78 is 29.4. The first-order chi connectivity index (χ1) is 11.6. The van der Waals surface area contributed by atoms with E-state index < -0.39 is 9.84 Å². The maximum absolute atomic E-state index is 12.1. The third-order valence-electron chi connectivity index (χ3n) is 3.21. The molecule has 0 radical (unpaired) electrons. The predicted molar refractivity (Wildman–Crippen MR) is 105 cm³/mol. The lowest BCUT2D eigenvalue weighted by molar-refractivity contribution is 0.411. The van der Waals surface area contributed by atoms with Gasteiger partial charge in [-0.15, -0.1) is 0 Å². The molecular formula is C18H20O3S3. The van der Waals surface area contributed by atoms with Gasteiger partial charge in [-0.2, -0.15) is 0 Å². The van der Waals surface area contributed by atoms with Gasteiger partial charge >= 0.3 is 0 Å². The van der Waals surface area contributed by atoms with Gasteiger partial charge in [0.05, 0.1) is 18.6 Å². The lowest BCUT2D eigenvalue weighted by Crippen LogP contribution is -2.07. The second-order valence-corrected chi connectivity index (χ2v) is 9.46. The van der Waals surface area contributed by atoms with Gasteiger partial charge in [0.1, 0.15) is 5.75 Å². The van der Waals surface area contributed by atoms with Crippen LogP contribution in [0.4, 0.5) is 0 Å². The zero-order valence-electron chi connectivity index (χ0n) is 13.4. The van der Waals surface area contributed by atoms with Crippen LogP contribution in [0.3, 0.4) is 0 Å². The van der Waals surface area contributed by atoms with E-state index in [0.717, 1.165) is 22.6 Å². The van der Waals surface area contributed by atoms with E-state index in [2.05, 4.69) is 0 Å². The average Bonchev–Trinajstić information content (AvgIpc) is 2.58. The largest absolute Gasteiger partial charge is 0.496 e. The summed E-state index contributed by atoms with van der Waals surface area (Å²) in [7, 11) is 1.72. The molecule has 0 heterocycles. The third kappa shape index (κ3) is 6.63. The molecule has 6 heteroatoms. The van der Waals surface area contributed by atoms with Crippen molar-refractivity contribution >= 4 is 31.4 Å². The highest BCUT2D eigenvalue weighted by atomic mass is 33.1. The fourth-order valence-corrected chi connectivity index (χ4v) is 5.14. The van der Waals surface area contributed by atoms with Crippen molar-refractivity contribution < 1.29 is 13.2 Å². The first kappa shape index (κ1) is 19.0. The lowest BCUT2D eigenvalue weighted by atomic mass is 10.2. The van der Waals surface area contributed by atoms with Crippen LogP contribution >= 0.6 is 21.6 Å². The number of benzene rings is 2. The molecule has 0 saturated heterocycles. The standard InChI is InChI=1S/C18H20O3S3/c1-21-18-11-6-5-10-17(18)14-23-22-12-7-13-24(19,20)15-16-8-3-2-4-9-16/h2-12H,13-15H2,1H3/b12-7-. The SMILES string of the molecule is COc1ccccc1CSS/C=C\CS(=O)(=O)Cc1ccccc1. The highest BCUT2D eigenvalue weighted by molar-refractivity contribution is 8.77. The minimum absolute atomic E-state index is 0.0596. The van der Waals surface area contributed by atoms with E-state index in [4.69, 9.17) is 4.74 Å². The quantitative estimate of drug-likeness (QED) is 0.466. The van der Waals surface area contributed by atoms with E-state index in [1.54, 1.807) is 24.0 Å². The second-order valence-electron chi connectivity index (χ2n) is 5.08. The van der Waals surface area contributed by atoms with Gasteiger partial charge < -0.3 is 4.74 Å². The summed E-state index contributed by atoms with van der Waals surface area (Å²) in [5.74, 6) is 1.82. The number of hydrogen-bond donors (Lipinski definition) is 0. The molecule has 0 bridgehead atoms. The molecule has 0 aliphatic carbocycles. The highest BCUT2D eigenvalue weighted by Crippen LogP contribution is 2.30. The molecule has 0 aliphatic rings. The fraction of sp³-hybridized carbons (Fsp3) is 0.222. The Kier molecular flexibility index (Phi) is 7.75. The van der Waals surface area contributed by atoms with Gasteiger partial charge in [0, 0.05) is 11.3 Å². The van der Waals surface area contributed by atoms with Crippen molar-refractivity contribution in [3.8, 4) is 5.75 Å². The van der Waals surface area contributed by atoms with E-state index in [1.807, 2.05) is 60.0 Å². The molecule has 2 aromatic carbocycles. The Hall–Kier alpha value is -1.37. The van der Waals surface area contributed by atoms with E-state index in [1.165, 1.54) is 10.8 Å². The average molecular weight is 381 g/mol. The van der Waals surface area contributed by atoms with Crippen molar-refractivity contribution in [3.63, 3.8) is 0 Å². The van der Waals surface area contributed by atoms with Gasteiger partial charge in [0.2, 0.25) is 0 Å². The molecule has 2 aromatic rings. The van der Waals surface area contributed by atoms with Gasteiger partial charge in [0.15, 0.2) is 9.84 Å². The molecule has 0 fully saturated rings. The third-order valence-corrected chi connectivity index (χ3v) is 6.64. The van der Waals surface area contributed by atoms with E-state index in [9.17, 15) is 8.42 Å². The van der Waals surface area contributed by atoms with Crippen molar-refractivity contribution in [2.75, 3.05) is 12.9 Å². The number of hydrogen-bond acceptors (Lipinski definition) is 5. The lowest BCUT2D eigenvalue weighted by Gasteiger charge is -2.06. The Morgan fingerprint density at radius 2 is 1.75 bits per heavy atom. The van der Waals surface area contributed by atoms with Crippen LogP contribution in [0.15, 0.2) is 66.1 Å². The Balaban J connectivity index is 1.74. The molecule has 0 atom stereocenters. The Bertz CT molecular complexity index is 756.